The average Bonchev–Trinajstić information content (AvgIpc) is 2.34. The van der Waals surface area contributed by atoms with Crippen molar-refractivity contribution in [3.05, 3.63) is 0 Å². The van der Waals surface area contributed by atoms with Crippen LogP contribution >= 0.6 is 24.2 Å². The summed E-state index contributed by atoms with van der Waals surface area (Å²) in [7, 11) is 0. The molecule has 0 saturated carbocycles. The van der Waals surface area contributed by atoms with E-state index in [2.05, 4.69) is 10.6 Å². The number of hydrogen-bond acceptors (Lipinski definition) is 5. The number of carbonyl (C=O) groups excluding carboxylic acids is 2. The molecule has 0 radical (unpaired) electrons. The highest BCUT2D eigenvalue weighted by Crippen LogP contribution is 2.02. The largest absolute Gasteiger partial charge is 0.382 e. The maximum Gasteiger partial charge on any atom is 0.252 e. The molecule has 0 heterocycles. The summed E-state index contributed by atoms with van der Waals surface area (Å²) in [6.07, 6.45) is 1.06. The minimum Gasteiger partial charge on any atom is -0.382 e. The molecule has 19 heavy (non-hydrogen) atoms. The van der Waals surface area contributed by atoms with E-state index in [-0.39, 0.29) is 18.3 Å². The lowest BCUT2D eigenvalue weighted by Gasteiger charge is -2.21. The van der Waals surface area contributed by atoms with Crippen molar-refractivity contribution in [1.82, 2.24) is 10.6 Å². The normalized spacial score (nSPS) is 14.8. The van der Waals surface area contributed by atoms with E-state index in [1.807, 2.05) is 6.26 Å². The lowest BCUT2D eigenvalue weighted by Crippen LogP contribution is -2.53. The van der Waals surface area contributed by atoms with Crippen LogP contribution in [0.25, 0.3) is 0 Å². The van der Waals surface area contributed by atoms with E-state index in [4.69, 9.17) is 5.73 Å². The van der Waals surface area contributed by atoms with Gasteiger partial charge in [-0.1, -0.05) is 6.92 Å². The first-order chi connectivity index (χ1) is 8.42. The zero-order valence-electron chi connectivity index (χ0n) is 11.5. The molecule has 0 aliphatic rings. The monoisotopic (exact) mass is 313 g/mol. The molecule has 0 aromatic rings. The van der Waals surface area contributed by atoms with Gasteiger partial charge in [0.1, 0.15) is 6.10 Å². The summed E-state index contributed by atoms with van der Waals surface area (Å²) < 4.78 is 0. The van der Waals surface area contributed by atoms with Gasteiger partial charge in [0.25, 0.3) is 5.91 Å². The van der Waals surface area contributed by atoms with Gasteiger partial charge < -0.3 is 21.5 Å². The predicted octanol–water partition coefficient (Wildman–Crippen LogP) is -0.162. The number of halogens is 1. The quantitative estimate of drug-likeness (QED) is 0.466. The lowest BCUT2D eigenvalue weighted by molar-refractivity contribution is -0.131. The van der Waals surface area contributed by atoms with Gasteiger partial charge in [-0.15, -0.1) is 12.4 Å². The second kappa shape index (κ2) is 11.3. The first kappa shape index (κ1) is 20.8. The molecule has 6 nitrogen and oxygen atoms in total. The van der Waals surface area contributed by atoms with Crippen molar-refractivity contribution in [3.63, 3.8) is 0 Å². The highest BCUT2D eigenvalue weighted by Gasteiger charge is 2.23. The van der Waals surface area contributed by atoms with Gasteiger partial charge in [0, 0.05) is 12.5 Å². The van der Waals surface area contributed by atoms with Crippen molar-refractivity contribution in [3.8, 4) is 0 Å². The van der Waals surface area contributed by atoms with Crippen LogP contribution in [0.3, 0.4) is 0 Å². The summed E-state index contributed by atoms with van der Waals surface area (Å²) in [5, 5.41) is 14.8. The van der Waals surface area contributed by atoms with Gasteiger partial charge in [-0.05, 0) is 25.4 Å². The maximum absolute atomic E-state index is 11.6. The zero-order valence-corrected chi connectivity index (χ0v) is 13.1. The van der Waals surface area contributed by atoms with Crippen LogP contribution in [0.1, 0.15) is 26.7 Å². The summed E-state index contributed by atoms with van der Waals surface area (Å²) in [6.45, 7) is 3.35. The Morgan fingerprint density at radius 2 is 1.95 bits per heavy atom. The van der Waals surface area contributed by atoms with E-state index in [0.29, 0.717) is 12.8 Å². The lowest BCUT2D eigenvalue weighted by atomic mass is 10.1. The third kappa shape index (κ3) is 9.10. The first-order valence-corrected chi connectivity index (χ1v) is 7.34. The Labute approximate surface area is 124 Å². The molecule has 0 aromatic heterocycles. The minimum absolute atomic E-state index is 0. The van der Waals surface area contributed by atoms with Crippen LogP contribution in [-0.2, 0) is 9.59 Å². The Morgan fingerprint density at radius 3 is 2.42 bits per heavy atom. The van der Waals surface area contributed by atoms with Gasteiger partial charge in [0.2, 0.25) is 5.91 Å². The number of amides is 2. The van der Waals surface area contributed by atoms with Crippen LogP contribution < -0.4 is 16.4 Å². The molecular weight excluding hydrogens is 290 g/mol. The van der Waals surface area contributed by atoms with E-state index in [1.54, 1.807) is 25.6 Å². The van der Waals surface area contributed by atoms with Crippen molar-refractivity contribution in [2.24, 2.45) is 5.73 Å². The Morgan fingerprint density at radius 1 is 1.37 bits per heavy atom. The van der Waals surface area contributed by atoms with E-state index < -0.39 is 24.2 Å². The number of thioether (sulfide) groups is 1. The molecule has 0 fully saturated rings. The molecule has 0 aliphatic carbocycles. The van der Waals surface area contributed by atoms with Crippen LogP contribution in [0, 0.1) is 0 Å². The molecule has 0 rings (SSSR count). The summed E-state index contributed by atoms with van der Waals surface area (Å²) >= 11 is 1.60. The second-order valence-corrected chi connectivity index (χ2v) is 5.03. The van der Waals surface area contributed by atoms with E-state index in [9.17, 15) is 14.7 Å². The van der Waals surface area contributed by atoms with Crippen molar-refractivity contribution in [2.75, 3.05) is 12.0 Å². The van der Waals surface area contributed by atoms with E-state index in [0.717, 1.165) is 5.75 Å². The number of hydrogen-bond donors (Lipinski definition) is 4. The van der Waals surface area contributed by atoms with Crippen LogP contribution in [0.15, 0.2) is 0 Å². The molecule has 0 bridgehead atoms. The molecular formula is C11H24ClN3O3S. The fourth-order valence-corrected chi connectivity index (χ4v) is 1.79. The Bertz CT molecular complexity index is 282. The molecule has 8 heteroatoms. The maximum atomic E-state index is 11.6. The number of aliphatic hydroxyl groups is 1. The van der Waals surface area contributed by atoms with Crippen molar-refractivity contribution >= 4 is 36.0 Å². The summed E-state index contributed by atoms with van der Waals surface area (Å²) in [5.74, 6) is 0.0599. The average molecular weight is 314 g/mol. The van der Waals surface area contributed by atoms with E-state index >= 15 is 0 Å². The third-order valence-electron chi connectivity index (χ3n) is 2.39. The minimum atomic E-state index is -1.25. The third-order valence-corrected chi connectivity index (χ3v) is 3.03. The fourth-order valence-electron chi connectivity index (χ4n) is 1.28. The van der Waals surface area contributed by atoms with Crippen LogP contribution in [0.4, 0.5) is 0 Å². The van der Waals surface area contributed by atoms with E-state index in [1.165, 1.54) is 0 Å². The molecule has 0 aromatic carbocycles. The van der Waals surface area contributed by atoms with Crippen LogP contribution in [0.5, 0.6) is 0 Å². The van der Waals surface area contributed by atoms with Gasteiger partial charge in [-0.25, -0.2) is 0 Å². The molecule has 3 atom stereocenters. The predicted molar refractivity (Wildman–Crippen MR) is 80.3 cm³/mol. The highest BCUT2D eigenvalue weighted by atomic mass is 35.5. The number of rotatable bonds is 8. The molecule has 1 unspecified atom stereocenters. The molecule has 114 valence electrons. The molecule has 5 N–H and O–H groups in total. The zero-order chi connectivity index (χ0) is 14.1. The summed E-state index contributed by atoms with van der Waals surface area (Å²) in [4.78, 5) is 22.7. The van der Waals surface area contributed by atoms with Gasteiger partial charge >= 0.3 is 0 Å². The second-order valence-electron chi connectivity index (χ2n) is 4.04. The highest BCUT2D eigenvalue weighted by molar-refractivity contribution is 7.98. The van der Waals surface area contributed by atoms with Crippen LogP contribution in [-0.4, -0.2) is 47.2 Å². The Hall–Kier alpha value is -0.500. The van der Waals surface area contributed by atoms with Gasteiger partial charge in [0.15, 0.2) is 0 Å². The number of carbonyl (C=O) groups is 2. The van der Waals surface area contributed by atoms with Crippen molar-refractivity contribution < 1.29 is 14.7 Å². The Kier molecular flexibility index (Phi) is 12.4. The standard InChI is InChI=1S/C11H23N3O3S.ClH/c1-4-9(15)13-7(2)14-11(17)10(16)8(12)5-6-18-3;/h7-8,10,16H,4-6,12H2,1-3H3,(H,13,15)(H,14,17);1H/t7-,8+,10?;/m0./s1. The molecule has 0 spiro atoms. The summed E-state index contributed by atoms with van der Waals surface area (Å²) in [5.41, 5.74) is 5.70. The molecule has 0 saturated heterocycles. The van der Waals surface area contributed by atoms with Crippen molar-refractivity contribution in [1.29, 1.82) is 0 Å². The smallest absolute Gasteiger partial charge is 0.252 e. The van der Waals surface area contributed by atoms with Crippen LogP contribution in [0.2, 0.25) is 0 Å². The summed E-state index contributed by atoms with van der Waals surface area (Å²) in [6, 6.07) is -0.591. The van der Waals surface area contributed by atoms with Gasteiger partial charge in [-0.3, -0.25) is 9.59 Å². The molecule has 2 amide bonds. The van der Waals surface area contributed by atoms with Gasteiger partial charge in [-0.2, -0.15) is 11.8 Å². The molecule has 0 aliphatic heterocycles. The Balaban J connectivity index is 0. The van der Waals surface area contributed by atoms with Crippen molar-refractivity contribution in [2.45, 2.75) is 45.0 Å². The topological polar surface area (TPSA) is 104 Å². The first-order valence-electron chi connectivity index (χ1n) is 5.94. The number of nitrogens with two attached hydrogens (primary N) is 1. The SMILES string of the molecule is CCC(=O)N[C@H](C)NC(=O)C(O)[C@H](N)CCSC.Cl. The van der Waals surface area contributed by atoms with Gasteiger partial charge in [0.05, 0.1) is 6.17 Å². The fraction of sp³-hybridized carbons (Fsp3) is 0.818. The number of nitrogens with one attached hydrogen (secondary N) is 2. The number of aliphatic hydroxyl groups excluding tert-OH is 1.